The van der Waals surface area contributed by atoms with E-state index in [1.165, 1.54) is 4.90 Å². The summed E-state index contributed by atoms with van der Waals surface area (Å²) >= 11 is 5.84. The molecule has 0 saturated carbocycles. The molecule has 1 unspecified atom stereocenters. The van der Waals surface area contributed by atoms with Gasteiger partial charge in [-0.05, 0) is 24.6 Å². The maximum atomic E-state index is 11.9. The van der Waals surface area contributed by atoms with Gasteiger partial charge in [-0.1, -0.05) is 17.7 Å². The van der Waals surface area contributed by atoms with Gasteiger partial charge in [0.2, 0.25) is 0 Å². The van der Waals surface area contributed by atoms with E-state index in [1.54, 1.807) is 31.3 Å². The predicted octanol–water partition coefficient (Wildman–Crippen LogP) is 1.55. The summed E-state index contributed by atoms with van der Waals surface area (Å²) in [5, 5.41) is 3.29. The molecule has 1 fully saturated rings. The zero-order valence-corrected chi connectivity index (χ0v) is 13.9. The number of amides is 2. The number of halogens is 1. The fourth-order valence-corrected chi connectivity index (χ4v) is 4.21. The first kappa shape index (κ1) is 16.9. The highest BCUT2D eigenvalue weighted by molar-refractivity contribution is 7.91. The summed E-state index contributed by atoms with van der Waals surface area (Å²) in [5.74, 6) is 0.820. The van der Waals surface area contributed by atoms with Gasteiger partial charge < -0.3 is 15.0 Å². The fraction of sp³-hybridized carbons (Fsp3) is 0.500. The number of nitrogens with zero attached hydrogens (tertiary/aromatic N) is 1. The minimum Gasteiger partial charge on any atom is -0.492 e. The van der Waals surface area contributed by atoms with Crippen molar-refractivity contribution in [3.05, 3.63) is 29.3 Å². The van der Waals surface area contributed by atoms with Gasteiger partial charge in [0.1, 0.15) is 12.4 Å². The lowest BCUT2D eigenvalue weighted by Crippen LogP contribution is -2.45. The molecule has 122 valence electrons. The van der Waals surface area contributed by atoms with Crippen LogP contribution in [0.2, 0.25) is 5.02 Å². The van der Waals surface area contributed by atoms with E-state index >= 15 is 0 Å². The van der Waals surface area contributed by atoms with Crippen LogP contribution in [0.4, 0.5) is 4.79 Å². The molecular weight excluding hydrogens is 328 g/mol. The van der Waals surface area contributed by atoms with E-state index in [0.717, 1.165) is 0 Å². The number of nitrogens with one attached hydrogen (secondary N) is 1. The van der Waals surface area contributed by atoms with Crippen LogP contribution in [-0.2, 0) is 9.84 Å². The van der Waals surface area contributed by atoms with Crippen molar-refractivity contribution in [2.24, 2.45) is 0 Å². The number of hydrogen-bond donors (Lipinski definition) is 1. The lowest BCUT2D eigenvalue weighted by atomic mass is 10.2. The van der Waals surface area contributed by atoms with Crippen LogP contribution in [0.3, 0.4) is 0 Å². The molecule has 0 aromatic heterocycles. The molecule has 1 heterocycles. The Balaban J connectivity index is 1.71. The first-order valence-corrected chi connectivity index (χ1v) is 9.17. The maximum Gasteiger partial charge on any atom is 0.317 e. The summed E-state index contributed by atoms with van der Waals surface area (Å²) in [7, 11) is -1.39. The second kappa shape index (κ2) is 7.19. The van der Waals surface area contributed by atoms with Crippen molar-refractivity contribution in [3.63, 3.8) is 0 Å². The molecule has 8 heteroatoms. The summed E-state index contributed by atoms with van der Waals surface area (Å²) in [6, 6.07) is 6.46. The molecule has 0 radical (unpaired) electrons. The molecule has 1 saturated heterocycles. The average Bonchev–Trinajstić information content (AvgIpc) is 2.83. The van der Waals surface area contributed by atoms with Gasteiger partial charge in [-0.3, -0.25) is 0 Å². The Hall–Kier alpha value is -1.47. The van der Waals surface area contributed by atoms with Gasteiger partial charge in [0, 0.05) is 18.1 Å². The molecule has 0 aliphatic carbocycles. The van der Waals surface area contributed by atoms with Crippen molar-refractivity contribution in [1.82, 2.24) is 10.2 Å². The predicted molar refractivity (Wildman–Crippen MR) is 85.2 cm³/mol. The summed E-state index contributed by atoms with van der Waals surface area (Å²) in [6.07, 6.45) is 0.491. The number of urea groups is 1. The Bertz CT molecular complexity index is 635. The van der Waals surface area contributed by atoms with E-state index in [9.17, 15) is 13.2 Å². The van der Waals surface area contributed by atoms with Crippen molar-refractivity contribution in [2.45, 2.75) is 12.5 Å². The number of carbonyl (C=O) groups excluding carboxylic acids is 1. The Morgan fingerprint density at radius 1 is 1.50 bits per heavy atom. The highest BCUT2D eigenvalue weighted by atomic mass is 35.5. The van der Waals surface area contributed by atoms with E-state index < -0.39 is 9.84 Å². The third-order valence-electron chi connectivity index (χ3n) is 3.52. The van der Waals surface area contributed by atoms with Crippen LogP contribution >= 0.6 is 11.6 Å². The third kappa shape index (κ3) is 4.78. The van der Waals surface area contributed by atoms with Crippen LogP contribution in [0.25, 0.3) is 0 Å². The topological polar surface area (TPSA) is 75.7 Å². The number of hydrogen-bond acceptors (Lipinski definition) is 4. The van der Waals surface area contributed by atoms with Crippen molar-refractivity contribution in [1.29, 1.82) is 0 Å². The lowest BCUT2D eigenvalue weighted by molar-refractivity contribution is 0.192. The summed E-state index contributed by atoms with van der Waals surface area (Å²) in [5.41, 5.74) is 0. The summed E-state index contributed by atoms with van der Waals surface area (Å²) in [4.78, 5) is 13.4. The zero-order valence-electron chi connectivity index (χ0n) is 12.3. The Morgan fingerprint density at radius 2 is 2.27 bits per heavy atom. The number of sulfone groups is 1. The quantitative estimate of drug-likeness (QED) is 0.821. The van der Waals surface area contributed by atoms with Gasteiger partial charge in [-0.25, -0.2) is 13.2 Å². The first-order chi connectivity index (χ1) is 10.4. The molecule has 1 aliphatic heterocycles. The molecule has 2 rings (SSSR count). The number of ether oxygens (including phenoxy) is 1. The molecule has 22 heavy (non-hydrogen) atoms. The summed E-state index contributed by atoms with van der Waals surface area (Å²) < 4.78 is 28.3. The molecule has 1 aliphatic rings. The van der Waals surface area contributed by atoms with Gasteiger partial charge in [0.25, 0.3) is 0 Å². The highest BCUT2D eigenvalue weighted by Gasteiger charge is 2.32. The van der Waals surface area contributed by atoms with Crippen LogP contribution in [0.15, 0.2) is 24.3 Å². The normalized spacial score (nSPS) is 19.6. The van der Waals surface area contributed by atoms with Gasteiger partial charge >= 0.3 is 6.03 Å². The molecular formula is C14H19ClN2O4S. The van der Waals surface area contributed by atoms with E-state index in [2.05, 4.69) is 5.32 Å². The second-order valence-corrected chi connectivity index (χ2v) is 7.87. The second-order valence-electron chi connectivity index (χ2n) is 5.21. The van der Waals surface area contributed by atoms with Gasteiger partial charge in [0.15, 0.2) is 9.84 Å². The van der Waals surface area contributed by atoms with Crippen molar-refractivity contribution >= 4 is 27.5 Å². The Morgan fingerprint density at radius 3 is 2.91 bits per heavy atom. The first-order valence-electron chi connectivity index (χ1n) is 6.97. The van der Waals surface area contributed by atoms with Crippen molar-refractivity contribution < 1.29 is 17.9 Å². The SMILES string of the molecule is CN(C(=O)NCCOc1cccc(Cl)c1)C1CCS(=O)(=O)C1. The molecule has 2 amide bonds. The highest BCUT2D eigenvalue weighted by Crippen LogP contribution is 2.17. The van der Waals surface area contributed by atoms with Crippen LogP contribution < -0.4 is 10.1 Å². The largest absolute Gasteiger partial charge is 0.492 e. The monoisotopic (exact) mass is 346 g/mol. The van der Waals surface area contributed by atoms with E-state index in [-0.39, 0.29) is 23.6 Å². The fourth-order valence-electron chi connectivity index (χ4n) is 2.25. The van der Waals surface area contributed by atoms with Crippen LogP contribution in [0.1, 0.15) is 6.42 Å². The minimum absolute atomic E-state index is 0.0376. The van der Waals surface area contributed by atoms with Gasteiger partial charge in [0.05, 0.1) is 18.1 Å². The van der Waals surface area contributed by atoms with Crippen LogP contribution in [0.5, 0.6) is 5.75 Å². The maximum absolute atomic E-state index is 11.9. The molecule has 0 spiro atoms. The third-order valence-corrected chi connectivity index (χ3v) is 5.51. The lowest BCUT2D eigenvalue weighted by Gasteiger charge is -2.23. The Labute approximate surface area is 135 Å². The average molecular weight is 347 g/mol. The number of benzene rings is 1. The van der Waals surface area contributed by atoms with Crippen molar-refractivity contribution in [3.8, 4) is 5.75 Å². The Kier molecular flexibility index (Phi) is 5.52. The van der Waals surface area contributed by atoms with E-state index in [0.29, 0.717) is 30.3 Å². The molecule has 1 atom stereocenters. The van der Waals surface area contributed by atoms with E-state index in [4.69, 9.17) is 16.3 Å². The molecule has 1 N–H and O–H groups in total. The number of carbonyl (C=O) groups is 1. The van der Waals surface area contributed by atoms with E-state index in [1.807, 2.05) is 0 Å². The van der Waals surface area contributed by atoms with Crippen LogP contribution in [-0.4, -0.2) is 57.1 Å². The number of rotatable bonds is 5. The van der Waals surface area contributed by atoms with Crippen molar-refractivity contribution in [2.75, 3.05) is 31.7 Å². The molecule has 6 nitrogen and oxygen atoms in total. The smallest absolute Gasteiger partial charge is 0.317 e. The summed E-state index contributed by atoms with van der Waals surface area (Å²) in [6.45, 7) is 0.637. The van der Waals surface area contributed by atoms with Crippen LogP contribution in [0, 0.1) is 0 Å². The zero-order chi connectivity index (χ0) is 16.2. The molecule has 1 aromatic carbocycles. The van der Waals surface area contributed by atoms with Gasteiger partial charge in [-0.2, -0.15) is 0 Å². The molecule has 1 aromatic rings. The molecule has 0 bridgehead atoms. The minimum atomic E-state index is -3.00. The standard InChI is InChI=1S/C14H19ClN2O4S/c1-17(12-5-8-22(19,20)10-12)14(18)16-6-7-21-13-4-2-3-11(15)9-13/h2-4,9,12H,5-8,10H2,1H3,(H,16,18). The van der Waals surface area contributed by atoms with Gasteiger partial charge in [-0.15, -0.1) is 0 Å².